The lowest BCUT2D eigenvalue weighted by Gasteiger charge is -2.11. The monoisotopic (exact) mass is 356 g/mol. The van der Waals surface area contributed by atoms with E-state index < -0.39 is 5.97 Å². The maximum atomic E-state index is 12.3. The van der Waals surface area contributed by atoms with Crippen LogP contribution in [0.3, 0.4) is 0 Å². The number of carbonyl (C=O) groups excluding carboxylic acids is 2. The molecule has 0 aliphatic heterocycles. The molecule has 0 atom stereocenters. The van der Waals surface area contributed by atoms with Gasteiger partial charge in [-0.05, 0) is 57.5 Å². The number of nitrogens with one attached hydrogen (secondary N) is 1. The Morgan fingerprint density at radius 3 is 2.38 bits per heavy atom. The first-order chi connectivity index (χ1) is 12.4. The number of hydrogen-bond acceptors (Lipinski definition) is 5. The van der Waals surface area contributed by atoms with Gasteiger partial charge in [0, 0.05) is 6.54 Å². The zero-order valence-corrected chi connectivity index (χ0v) is 15.5. The third-order valence-electron chi connectivity index (χ3n) is 3.56. The number of hydrogen-bond donors (Lipinski definition) is 1. The predicted octanol–water partition coefficient (Wildman–Crippen LogP) is 3.28. The molecule has 6 heteroatoms. The van der Waals surface area contributed by atoms with Crippen LogP contribution in [0.4, 0.5) is 0 Å². The Morgan fingerprint density at radius 2 is 1.81 bits per heavy atom. The highest BCUT2D eigenvalue weighted by atomic mass is 16.5. The number of esters is 1. The van der Waals surface area contributed by atoms with E-state index in [1.165, 1.54) is 6.07 Å². The summed E-state index contributed by atoms with van der Waals surface area (Å²) in [5.74, 6) is 0.0566. The number of aromatic nitrogens is 1. The van der Waals surface area contributed by atoms with Crippen LogP contribution in [0, 0.1) is 6.92 Å². The van der Waals surface area contributed by atoms with Gasteiger partial charge in [-0.25, -0.2) is 9.78 Å². The van der Waals surface area contributed by atoms with Crippen molar-refractivity contribution in [1.82, 2.24) is 10.3 Å². The van der Waals surface area contributed by atoms with Crippen LogP contribution >= 0.6 is 0 Å². The van der Waals surface area contributed by atoms with Crippen molar-refractivity contribution in [2.24, 2.45) is 0 Å². The van der Waals surface area contributed by atoms with E-state index in [-0.39, 0.29) is 17.7 Å². The van der Waals surface area contributed by atoms with Gasteiger partial charge in [-0.15, -0.1) is 0 Å². The van der Waals surface area contributed by atoms with E-state index >= 15 is 0 Å². The minimum Gasteiger partial charge on any atom is -0.491 e. The van der Waals surface area contributed by atoms with E-state index in [4.69, 9.17) is 9.47 Å². The van der Waals surface area contributed by atoms with Crippen LogP contribution < -0.4 is 10.1 Å². The van der Waals surface area contributed by atoms with Crippen molar-refractivity contribution in [2.45, 2.75) is 40.3 Å². The number of nitrogens with zero attached hydrogens (tertiary/aromatic N) is 1. The number of rotatable bonds is 7. The molecule has 0 saturated carbocycles. The Bertz CT molecular complexity index is 770. The molecule has 2 rings (SSSR count). The molecule has 0 aliphatic rings. The zero-order valence-electron chi connectivity index (χ0n) is 15.5. The summed E-state index contributed by atoms with van der Waals surface area (Å²) in [5.41, 5.74) is 2.04. The normalized spacial score (nSPS) is 10.5. The van der Waals surface area contributed by atoms with Crippen LogP contribution in [0.15, 0.2) is 36.4 Å². The molecule has 0 aliphatic carbocycles. The summed E-state index contributed by atoms with van der Waals surface area (Å²) < 4.78 is 10.5. The van der Waals surface area contributed by atoms with Gasteiger partial charge in [0.15, 0.2) is 0 Å². The quantitative estimate of drug-likeness (QED) is 0.770. The molecule has 0 fully saturated rings. The fraction of sp³-hybridized carbons (Fsp3) is 0.350. The molecule has 0 radical (unpaired) electrons. The molecule has 1 amide bonds. The van der Waals surface area contributed by atoms with Gasteiger partial charge in [-0.1, -0.05) is 12.1 Å². The topological polar surface area (TPSA) is 77.5 Å². The second-order valence-corrected chi connectivity index (χ2v) is 6.04. The fourth-order valence-electron chi connectivity index (χ4n) is 2.34. The minimum atomic E-state index is -0.437. The molecule has 1 aromatic carbocycles. The number of benzene rings is 1. The van der Waals surface area contributed by atoms with E-state index in [0.29, 0.717) is 24.4 Å². The highest BCUT2D eigenvalue weighted by Crippen LogP contribution is 2.14. The number of pyridine rings is 1. The van der Waals surface area contributed by atoms with Crippen molar-refractivity contribution in [3.8, 4) is 5.75 Å². The largest absolute Gasteiger partial charge is 0.491 e. The average Bonchev–Trinajstić information content (AvgIpc) is 2.60. The molecule has 1 N–H and O–H groups in total. The number of carbonyl (C=O) groups is 2. The summed E-state index contributed by atoms with van der Waals surface area (Å²) in [5, 5.41) is 2.82. The molecule has 0 saturated heterocycles. The van der Waals surface area contributed by atoms with Crippen LogP contribution in [-0.2, 0) is 11.3 Å². The molecule has 0 bridgehead atoms. The zero-order chi connectivity index (χ0) is 19.1. The predicted molar refractivity (Wildman–Crippen MR) is 98.3 cm³/mol. The lowest BCUT2D eigenvalue weighted by atomic mass is 10.1. The van der Waals surface area contributed by atoms with Gasteiger partial charge in [-0.3, -0.25) is 4.79 Å². The fourth-order valence-corrected chi connectivity index (χ4v) is 2.34. The van der Waals surface area contributed by atoms with E-state index in [2.05, 4.69) is 10.3 Å². The first kappa shape index (κ1) is 19.4. The summed E-state index contributed by atoms with van der Waals surface area (Å²) in [6.07, 6.45) is 0.118. The molecule has 0 spiro atoms. The average molecular weight is 356 g/mol. The molecular formula is C20H24N2O4. The Labute approximate surface area is 153 Å². The van der Waals surface area contributed by atoms with E-state index in [1.54, 1.807) is 19.9 Å². The van der Waals surface area contributed by atoms with Gasteiger partial charge in [-0.2, -0.15) is 0 Å². The SMILES string of the molecule is CCOC(=O)c1ccc(C(=O)NCc2ccc(OC(C)C)cc2)nc1C. The lowest BCUT2D eigenvalue weighted by molar-refractivity contribution is 0.0524. The molecule has 26 heavy (non-hydrogen) atoms. The highest BCUT2D eigenvalue weighted by Gasteiger charge is 2.14. The summed E-state index contributed by atoms with van der Waals surface area (Å²) in [7, 11) is 0. The Morgan fingerprint density at radius 1 is 1.12 bits per heavy atom. The van der Waals surface area contributed by atoms with Crippen LogP contribution in [0.5, 0.6) is 5.75 Å². The summed E-state index contributed by atoms with van der Waals surface area (Å²) in [4.78, 5) is 28.3. The summed E-state index contributed by atoms with van der Waals surface area (Å²) in [6.45, 7) is 8.02. The number of amides is 1. The first-order valence-electron chi connectivity index (χ1n) is 8.59. The van der Waals surface area contributed by atoms with E-state index in [1.807, 2.05) is 38.1 Å². The van der Waals surface area contributed by atoms with Gasteiger partial charge in [0.25, 0.3) is 5.91 Å². The third-order valence-corrected chi connectivity index (χ3v) is 3.56. The minimum absolute atomic E-state index is 0.118. The van der Waals surface area contributed by atoms with E-state index in [9.17, 15) is 9.59 Å². The van der Waals surface area contributed by atoms with Crippen molar-refractivity contribution in [3.63, 3.8) is 0 Å². The van der Waals surface area contributed by atoms with Gasteiger partial charge < -0.3 is 14.8 Å². The van der Waals surface area contributed by atoms with Crippen LogP contribution in [0.1, 0.15) is 52.9 Å². The summed E-state index contributed by atoms with van der Waals surface area (Å²) in [6, 6.07) is 10.6. The number of aryl methyl sites for hydroxylation is 1. The van der Waals surface area contributed by atoms with Gasteiger partial charge in [0.1, 0.15) is 11.4 Å². The Hall–Kier alpha value is -2.89. The van der Waals surface area contributed by atoms with E-state index in [0.717, 1.165) is 11.3 Å². The van der Waals surface area contributed by atoms with Crippen molar-refractivity contribution in [1.29, 1.82) is 0 Å². The summed E-state index contributed by atoms with van der Waals surface area (Å²) >= 11 is 0. The van der Waals surface area contributed by atoms with Crippen LogP contribution in [0.25, 0.3) is 0 Å². The molecule has 2 aromatic rings. The molecule has 138 valence electrons. The third kappa shape index (κ3) is 5.31. The highest BCUT2D eigenvalue weighted by molar-refractivity contribution is 5.95. The second kappa shape index (κ2) is 8.99. The van der Waals surface area contributed by atoms with Crippen molar-refractivity contribution in [3.05, 3.63) is 58.9 Å². The smallest absolute Gasteiger partial charge is 0.339 e. The molecule has 0 unspecified atom stereocenters. The van der Waals surface area contributed by atoms with Gasteiger partial charge >= 0.3 is 5.97 Å². The van der Waals surface area contributed by atoms with Crippen molar-refractivity contribution in [2.75, 3.05) is 6.61 Å². The number of ether oxygens (including phenoxy) is 2. The van der Waals surface area contributed by atoms with Crippen molar-refractivity contribution < 1.29 is 19.1 Å². The van der Waals surface area contributed by atoms with Gasteiger partial charge in [0.05, 0.1) is 24.0 Å². The molecule has 1 aromatic heterocycles. The second-order valence-electron chi connectivity index (χ2n) is 6.04. The maximum absolute atomic E-state index is 12.3. The van der Waals surface area contributed by atoms with Crippen LogP contribution in [0.2, 0.25) is 0 Å². The molecule has 6 nitrogen and oxygen atoms in total. The lowest BCUT2D eigenvalue weighted by Crippen LogP contribution is -2.24. The van der Waals surface area contributed by atoms with Crippen LogP contribution in [-0.4, -0.2) is 29.6 Å². The Kier molecular flexibility index (Phi) is 6.72. The first-order valence-corrected chi connectivity index (χ1v) is 8.59. The Balaban J connectivity index is 1.97. The van der Waals surface area contributed by atoms with Gasteiger partial charge in [0.2, 0.25) is 0 Å². The maximum Gasteiger partial charge on any atom is 0.339 e. The standard InChI is InChI=1S/C20H24N2O4/c1-5-25-20(24)17-10-11-18(22-14(17)4)19(23)21-12-15-6-8-16(9-7-15)26-13(2)3/h6-11,13H,5,12H2,1-4H3,(H,21,23). The molecular weight excluding hydrogens is 332 g/mol. The molecule has 1 heterocycles. The van der Waals surface area contributed by atoms with Crippen molar-refractivity contribution >= 4 is 11.9 Å².